The molecule has 1 aromatic rings. The number of benzene rings is 1. The molecular formula is C10H14N2O. The molecule has 0 unspecified atom stereocenters. The van der Waals surface area contributed by atoms with Gasteiger partial charge < -0.3 is 11.5 Å². The van der Waals surface area contributed by atoms with Gasteiger partial charge in [-0.2, -0.15) is 0 Å². The van der Waals surface area contributed by atoms with E-state index >= 15 is 0 Å². The summed E-state index contributed by atoms with van der Waals surface area (Å²) in [5.41, 5.74) is 11.7. The molecule has 4 N–H and O–H groups in total. The van der Waals surface area contributed by atoms with Crippen LogP contribution in [-0.2, 0) is 11.2 Å². The largest absolute Gasteiger partial charge is 0.369 e. The van der Waals surface area contributed by atoms with Crippen molar-refractivity contribution in [2.45, 2.75) is 6.42 Å². The van der Waals surface area contributed by atoms with Crippen molar-refractivity contribution in [3.8, 4) is 0 Å². The first-order valence-electron chi connectivity index (χ1n) is 4.27. The lowest BCUT2D eigenvalue weighted by Gasteiger charge is -2.09. The van der Waals surface area contributed by atoms with E-state index in [0.29, 0.717) is 13.0 Å². The van der Waals surface area contributed by atoms with Gasteiger partial charge in [0.05, 0.1) is 5.92 Å². The van der Waals surface area contributed by atoms with Crippen LogP contribution < -0.4 is 11.5 Å². The van der Waals surface area contributed by atoms with E-state index < -0.39 is 0 Å². The molecule has 0 aromatic heterocycles. The van der Waals surface area contributed by atoms with Crippen molar-refractivity contribution in [1.82, 2.24) is 0 Å². The normalized spacial score (nSPS) is 12.4. The van der Waals surface area contributed by atoms with Crippen molar-refractivity contribution in [3.05, 3.63) is 35.9 Å². The predicted molar refractivity (Wildman–Crippen MR) is 51.9 cm³/mol. The van der Waals surface area contributed by atoms with Crippen LogP contribution in [0.1, 0.15) is 5.56 Å². The average Bonchev–Trinajstić information content (AvgIpc) is 2.15. The zero-order valence-electron chi connectivity index (χ0n) is 7.44. The van der Waals surface area contributed by atoms with Crippen LogP contribution in [0, 0.1) is 5.92 Å². The summed E-state index contributed by atoms with van der Waals surface area (Å²) in [6.45, 7) is 0.310. The lowest BCUT2D eigenvalue weighted by atomic mass is 9.99. The Morgan fingerprint density at radius 1 is 1.31 bits per heavy atom. The number of nitrogens with two attached hydrogens (primary N) is 2. The van der Waals surface area contributed by atoms with Gasteiger partial charge in [-0.15, -0.1) is 0 Å². The fourth-order valence-corrected chi connectivity index (χ4v) is 1.20. The molecule has 0 aliphatic heterocycles. The highest BCUT2D eigenvalue weighted by Gasteiger charge is 2.12. The van der Waals surface area contributed by atoms with E-state index in [2.05, 4.69) is 0 Å². The topological polar surface area (TPSA) is 69.1 Å². The Kier molecular flexibility index (Phi) is 3.46. The van der Waals surface area contributed by atoms with E-state index in [4.69, 9.17) is 11.5 Å². The Hall–Kier alpha value is -1.35. The average molecular weight is 178 g/mol. The molecule has 0 aliphatic rings. The van der Waals surface area contributed by atoms with Gasteiger partial charge in [-0.05, 0) is 12.0 Å². The molecular weight excluding hydrogens is 164 g/mol. The first-order valence-corrected chi connectivity index (χ1v) is 4.27. The highest BCUT2D eigenvalue weighted by atomic mass is 16.1. The molecule has 1 rings (SSSR count). The fraction of sp³-hybridized carbons (Fsp3) is 0.300. The summed E-state index contributed by atoms with van der Waals surface area (Å²) in [6.07, 6.45) is 0.632. The molecule has 3 heteroatoms. The summed E-state index contributed by atoms with van der Waals surface area (Å²) in [5.74, 6) is -0.575. The second kappa shape index (κ2) is 4.62. The van der Waals surface area contributed by atoms with Crippen LogP contribution >= 0.6 is 0 Å². The minimum absolute atomic E-state index is 0.248. The molecule has 1 amide bonds. The summed E-state index contributed by atoms with van der Waals surface area (Å²) in [7, 11) is 0. The van der Waals surface area contributed by atoms with Crippen molar-refractivity contribution in [2.24, 2.45) is 17.4 Å². The third-order valence-corrected chi connectivity index (χ3v) is 2.01. The molecule has 13 heavy (non-hydrogen) atoms. The minimum Gasteiger partial charge on any atom is -0.369 e. The zero-order chi connectivity index (χ0) is 9.68. The molecule has 70 valence electrons. The van der Waals surface area contributed by atoms with E-state index in [1.54, 1.807) is 0 Å². The standard InChI is InChI=1S/C10H14N2O/c11-7-9(10(12)13)6-8-4-2-1-3-5-8/h1-5,9H,6-7,11H2,(H2,12,13)/t9-/m1/s1. The number of hydrogen-bond donors (Lipinski definition) is 2. The second-order valence-corrected chi connectivity index (χ2v) is 3.02. The Bertz CT molecular complexity index is 272. The van der Waals surface area contributed by atoms with Crippen molar-refractivity contribution in [3.63, 3.8) is 0 Å². The highest BCUT2D eigenvalue weighted by Crippen LogP contribution is 2.06. The first-order chi connectivity index (χ1) is 6.24. The summed E-state index contributed by atoms with van der Waals surface area (Å²) in [4.78, 5) is 10.9. The maximum Gasteiger partial charge on any atom is 0.222 e. The van der Waals surface area contributed by atoms with Gasteiger partial charge in [0, 0.05) is 6.54 Å². The molecule has 0 spiro atoms. The number of primary amides is 1. The van der Waals surface area contributed by atoms with Crippen LogP contribution in [0.15, 0.2) is 30.3 Å². The van der Waals surface area contributed by atoms with Gasteiger partial charge in [0.2, 0.25) is 5.91 Å². The van der Waals surface area contributed by atoms with Gasteiger partial charge in [-0.25, -0.2) is 0 Å². The van der Waals surface area contributed by atoms with Crippen LogP contribution in [0.5, 0.6) is 0 Å². The summed E-state index contributed by atoms with van der Waals surface area (Å²) < 4.78 is 0. The molecule has 0 radical (unpaired) electrons. The van der Waals surface area contributed by atoms with Crippen LogP contribution in [0.2, 0.25) is 0 Å². The predicted octanol–water partition coefficient (Wildman–Crippen LogP) is 0.289. The van der Waals surface area contributed by atoms with E-state index in [1.165, 1.54) is 0 Å². The number of amides is 1. The van der Waals surface area contributed by atoms with E-state index in [-0.39, 0.29) is 11.8 Å². The third-order valence-electron chi connectivity index (χ3n) is 2.01. The number of rotatable bonds is 4. The van der Waals surface area contributed by atoms with Crippen LogP contribution in [0.25, 0.3) is 0 Å². The molecule has 0 fully saturated rings. The molecule has 0 saturated carbocycles. The number of carbonyl (C=O) groups excluding carboxylic acids is 1. The van der Waals surface area contributed by atoms with Gasteiger partial charge in [0.15, 0.2) is 0 Å². The van der Waals surface area contributed by atoms with Gasteiger partial charge in [-0.3, -0.25) is 4.79 Å². The van der Waals surface area contributed by atoms with Gasteiger partial charge in [0.1, 0.15) is 0 Å². The fourth-order valence-electron chi connectivity index (χ4n) is 1.20. The summed E-state index contributed by atoms with van der Waals surface area (Å²) in [5, 5.41) is 0. The molecule has 0 aliphatic carbocycles. The summed E-state index contributed by atoms with van der Waals surface area (Å²) in [6, 6.07) is 9.73. The number of hydrogen-bond acceptors (Lipinski definition) is 2. The Morgan fingerprint density at radius 3 is 2.38 bits per heavy atom. The van der Waals surface area contributed by atoms with Gasteiger partial charge in [-0.1, -0.05) is 30.3 Å². The van der Waals surface area contributed by atoms with E-state index in [9.17, 15) is 4.79 Å². The quantitative estimate of drug-likeness (QED) is 0.695. The van der Waals surface area contributed by atoms with E-state index in [0.717, 1.165) is 5.56 Å². The molecule has 3 nitrogen and oxygen atoms in total. The monoisotopic (exact) mass is 178 g/mol. The molecule has 1 atom stereocenters. The first kappa shape index (κ1) is 9.74. The van der Waals surface area contributed by atoms with Crippen LogP contribution in [0.4, 0.5) is 0 Å². The van der Waals surface area contributed by atoms with Crippen molar-refractivity contribution in [1.29, 1.82) is 0 Å². The number of carbonyl (C=O) groups is 1. The molecule has 0 heterocycles. The molecule has 0 saturated heterocycles. The lowest BCUT2D eigenvalue weighted by Crippen LogP contribution is -2.31. The zero-order valence-corrected chi connectivity index (χ0v) is 7.44. The smallest absolute Gasteiger partial charge is 0.222 e. The van der Waals surface area contributed by atoms with Gasteiger partial charge >= 0.3 is 0 Å². The summed E-state index contributed by atoms with van der Waals surface area (Å²) >= 11 is 0. The van der Waals surface area contributed by atoms with Crippen LogP contribution in [-0.4, -0.2) is 12.5 Å². The van der Waals surface area contributed by atoms with Crippen molar-refractivity contribution >= 4 is 5.91 Å². The lowest BCUT2D eigenvalue weighted by molar-refractivity contribution is -0.121. The maximum atomic E-state index is 10.9. The Morgan fingerprint density at radius 2 is 1.92 bits per heavy atom. The third kappa shape index (κ3) is 2.87. The van der Waals surface area contributed by atoms with Crippen molar-refractivity contribution < 1.29 is 4.79 Å². The second-order valence-electron chi connectivity index (χ2n) is 3.02. The van der Waals surface area contributed by atoms with Crippen molar-refractivity contribution in [2.75, 3.05) is 6.54 Å². The Balaban J connectivity index is 2.62. The molecule has 1 aromatic carbocycles. The molecule has 0 bridgehead atoms. The van der Waals surface area contributed by atoms with E-state index in [1.807, 2.05) is 30.3 Å². The van der Waals surface area contributed by atoms with Gasteiger partial charge in [0.25, 0.3) is 0 Å². The highest BCUT2D eigenvalue weighted by molar-refractivity contribution is 5.77. The maximum absolute atomic E-state index is 10.9. The Labute approximate surface area is 77.7 Å². The SMILES string of the molecule is NC[C@@H](Cc1ccccc1)C(N)=O. The van der Waals surface area contributed by atoms with Crippen LogP contribution in [0.3, 0.4) is 0 Å². The minimum atomic E-state index is -0.327.